The van der Waals surface area contributed by atoms with E-state index in [0.29, 0.717) is 12.1 Å². The molecule has 0 atom stereocenters. The maximum atomic E-state index is 12.5. The van der Waals surface area contributed by atoms with E-state index in [1.807, 2.05) is 42.1 Å². The normalized spacial score (nSPS) is 18.9. The molecule has 1 spiro atoms. The van der Waals surface area contributed by atoms with Crippen LogP contribution >= 0.6 is 11.8 Å². The molecule has 1 amide bonds. The van der Waals surface area contributed by atoms with Gasteiger partial charge in [0.25, 0.3) is 5.91 Å². The van der Waals surface area contributed by atoms with Gasteiger partial charge in [-0.3, -0.25) is 9.79 Å². The van der Waals surface area contributed by atoms with Crippen LogP contribution in [-0.2, 0) is 6.54 Å². The molecule has 6 heteroatoms. The SMILES string of the molecule is CN(C)C(=O)c1ccccc1CN=C1Nc2ccccc2NC12CCSCC2. The lowest BCUT2D eigenvalue weighted by Gasteiger charge is -2.43. The van der Waals surface area contributed by atoms with Crippen molar-refractivity contribution in [1.82, 2.24) is 4.90 Å². The molecule has 4 rings (SSSR count). The second kappa shape index (κ2) is 7.87. The number of fused-ring (bicyclic) bond motifs is 1. The zero-order chi connectivity index (χ0) is 19.6. The first-order valence-electron chi connectivity index (χ1n) is 9.65. The maximum absolute atomic E-state index is 12.5. The van der Waals surface area contributed by atoms with Gasteiger partial charge in [0.05, 0.1) is 23.5 Å². The Kier molecular flexibility index (Phi) is 5.31. The van der Waals surface area contributed by atoms with Gasteiger partial charge in [0, 0.05) is 19.7 Å². The number of thioether (sulfide) groups is 1. The number of amidine groups is 1. The van der Waals surface area contributed by atoms with Crippen LogP contribution in [0, 0.1) is 0 Å². The minimum atomic E-state index is -0.153. The Labute approximate surface area is 170 Å². The molecule has 5 nitrogen and oxygen atoms in total. The van der Waals surface area contributed by atoms with Crippen molar-refractivity contribution in [2.24, 2.45) is 4.99 Å². The summed E-state index contributed by atoms with van der Waals surface area (Å²) >= 11 is 2.00. The minimum absolute atomic E-state index is 0.0136. The van der Waals surface area contributed by atoms with Gasteiger partial charge < -0.3 is 15.5 Å². The van der Waals surface area contributed by atoms with Crippen molar-refractivity contribution in [3.8, 4) is 0 Å². The molecule has 2 N–H and O–H groups in total. The number of rotatable bonds is 3. The van der Waals surface area contributed by atoms with Crippen LogP contribution in [0.1, 0.15) is 28.8 Å². The van der Waals surface area contributed by atoms with Gasteiger partial charge >= 0.3 is 0 Å². The highest BCUT2D eigenvalue weighted by molar-refractivity contribution is 7.99. The number of hydrogen-bond acceptors (Lipinski definition) is 4. The third-order valence-electron chi connectivity index (χ3n) is 5.42. The fourth-order valence-corrected chi connectivity index (χ4v) is 5.00. The predicted octanol–water partition coefficient (Wildman–Crippen LogP) is 4.09. The monoisotopic (exact) mass is 394 g/mol. The van der Waals surface area contributed by atoms with Gasteiger partial charge in [0.1, 0.15) is 5.84 Å². The Morgan fingerprint density at radius 1 is 1.07 bits per heavy atom. The first-order chi connectivity index (χ1) is 13.6. The summed E-state index contributed by atoms with van der Waals surface area (Å²) in [6, 6.07) is 16.0. The number of benzene rings is 2. The zero-order valence-electron chi connectivity index (χ0n) is 16.4. The van der Waals surface area contributed by atoms with Gasteiger partial charge in [-0.05, 0) is 48.1 Å². The standard InChI is InChI=1S/C22H26N4OS/c1-26(2)20(27)17-8-4-3-7-16(17)15-23-21-22(11-13-28-14-12-22)25-19-10-6-5-9-18(19)24-21/h3-10,25H,11-15H2,1-2H3,(H,23,24). The number of aliphatic imine (C=N–C) groups is 1. The molecule has 1 fully saturated rings. The van der Waals surface area contributed by atoms with Crippen molar-refractivity contribution in [1.29, 1.82) is 0 Å². The van der Waals surface area contributed by atoms with Crippen LogP contribution in [0.5, 0.6) is 0 Å². The van der Waals surface area contributed by atoms with E-state index < -0.39 is 0 Å². The molecule has 2 aromatic carbocycles. The predicted molar refractivity (Wildman–Crippen MR) is 119 cm³/mol. The average molecular weight is 395 g/mol. The number of nitrogens with one attached hydrogen (secondary N) is 2. The van der Waals surface area contributed by atoms with E-state index in [-0.39, 0.29) is 11.4 Å². The average Bonchev–Trinajstić information content (AvgIpc) is 2.72. The Morgan fingerprint density at radius 3 is 2.50 bits per heavy atom. The largest absolute Gasteiger partial charge is 0.371 e. The van der Waals surface area contributed by atoms with Crippen molar-refractivity contribution in [3.63, 3.8) is 0 Å². The van der Waals surface area contributed by atoms with E-state index in [0.717, 1.165) is 47.1 Å². The number of amides is 1. The highest BCUT2D eigenvalue weighted by Crippen LogP contribution is 2.38. The molecule has 146 valence electrons. The number of nitrogens with zero attached hydrogens (tertiary/aromatic N) is 2. The van der Waals surface area contributed by atoms with E-state index in [4.69, 9.17) is 4.99 Å². The summed E-state index contributed by atoms with van der Waals surface area (Å²) in [6.45, 7) is 0.483. The fraction of sp³-hybridized carbons (Fsp3) is 0.364. The smallest absolute Gasteiger partial charge is 0.253 e. The number of hydrogen-bond donors (Lipinski definition) is 2. The summed E-state index contributed by atoms with van der Waals surface area (Å²) in [5.74, 6) is 3.23. The van der Waals surface area contributed by atoms with Gasteiger partial charge in [-0.25, -0.2) is 0 Å². The van der Waals surface area contributed by atoms with E-state index in [1.54, 1.807) is 19.0 Å². The van der Waals surface area contributed by atoms with Gasteiger partial charge in [0.2, 0.25) is 0 Å². The lowest BCUT2D eigenvalue weighted by Crippen LogP contribution is -2.54. The van der Waals surface area contributed by atoms with Crippen LogP contribution in [0.25, 0.3) is 0 Å². The Hall–Kier alpha value is -2.47. The molecule has 2 heterocycles. The molecule has 1 saturated heterocycles. The molecule has 28 heavy (non-hydrogen) atoms. The molecule has 0 bridgehead atoms. The molecule has 2 aliphatic rings. The molecule has 0 saturated carbocycles. The van der Waals surface area contributed by atoms with Crippen molar-refractivity contribution in [2.75, 3.05) is 36.2 Å². The maximum Gasteiger partial charge on any atom is 0.253 e. The summed E-state index contributed by atoms with van der Waals surface area (Å²) < 4.78 is 0. The third kappa shape index (κ3) is 3.61. The highest BCUT2D eigenvalue weighted by Gasteiger charge is 2.41. The summed E-state index contributed by atoms with van der Waals surface area (Å²) in [4.78, 5) is 19.1. The molecule has 2 aliphatic heterocycles. The van der Waals surface area contributed by atoms with Gasteiger partial charge in [-0.15, -0.1) is 0 Å². The molecule has 0 unspecified atom stereocenters. The van der Waals surface area contributed by atoms with E-state index in [9.17, 15) is 4.79 Å². The van der Waals surface area contributed by atoms with E-state index in [2.05, 4.69) is 28.8 Å². The molecule has 0 radical (unpaired) electrons. The summed E-state index contributed by atoms with van der Waals surface area (Å²) in [5.41, 5.74) is 3.71. The van der Waals surface area contributed by atoms with Gasteiger partial charge in [-0.2, -0.15) is 11.8 Å². The molecule has 2 aromatic rings. The quantitative estimate of drug-likeness (QED) is 0.823. The lowest BCUT2D eigenvalue weighted by atomic mass is 9.87. The van der Waals surface area contributed by atoms with Crippen molar-refractivity contribution < 1.29 is 4.79 Å². The first kappa shape index (κ1) is 18.9. The summed E-state index contributed by atoms with van der Waals surface area (Å²) in [7, 11) is 3.56. The number of anilines is 2. The lowest BCUT2D eigenvalue weighted by molar-refractivity contribution is 0.0826. The Morgan fingerprint density at radius 2 is 1.75 bits per heavy atom. The second-order valence-corrected chi connectivity index (χ2v) is 8.74. The van der Waals surface area contributed by atoms with Crippen LogP contribution in [0.4, 0.5) is 11.4 Å². The van der Waals surface area contributed by atoms with Crippen LogP contribution < -0.4 is 10.6 Å². The molecular weight excluding hydrogens is 368 g/mol. The van der Waals surface area contributed by atoms with Crippen molar-refractivity contribution >= 4 is 34.9 Å². The second-order valence-electron chi connectivity index (χ2n) is 7.51. The fourth-order valence-electron chi connectivity index (χ4n) is 3.81. The molecule has 0 aromatic heterocycles. The molecule has 0 aliphatic carbocycles. The number of carbonyl (C=O) groups excluding carboxylic acids is 1. The van der Waals surface area contributed by atoms with Crippen molar-refractivity contribution in [2.45, 2.75) is 24.9 Å². The topological polar surface area (TPSA) is 56.7 Å². The number of carbonyl (C=O) groups is 1. The van der Waals surface area contributed by atoms with E-state index >= 15 is 0 Å². The van der Waals surface area contributed by atoms with Gasteiger partial charge in [0.15, 0.2) is 0 Å². The summed E-state index contributed by atoms with van der Waals surface area (Å²) in [5, 5.41) is 7.35. The Balaban J connectivity index is 1.67. The third-order valence-corrected chi connectivity index (χ3v) is 6.40. The van der Waals surface area contributed by atoms with Crippen molar-refractivity contribution in [3.05, 3.63) is 59.7 Å². The zero-order valence-corrected chi connectivity index (χ0v) is 17.2. The highest BCUT2D eigenvalue weighted by atomic mass is 32.2. The number of para-hydroxylation sites is 2. The van der Waals surface area contributed by atoms with Gasteiger partial charge in [-0.1, -0.05) is 30.3 Å². The molecular formula is C22H26N4OS. The van der Waals surface area contributed by atoms with Crippen LogP contribution in [0.15, 0.2) is 53.5 Å². The summed E-state index contributed by atoms with van der Waals surface area (Å²) in [6.07, 6.45) is 2.08. The van der Waals surface area contributed by atoms with Crippen LogP contribution in [-0.4, -0.2) is 47.8 Å². The first-order valence-corrected chi connectivity index (χ1v) is 10.8. The van der Waals surface area contributed by atoms with Crippen LogP contribution in [0.2, 0.25) is 0 Å². The van der Waals surface area contributed by atoms with Crippen LogP contribution in [0.3, 0.4) is 0 Å². The minimum Gasteiger partial charge on any atom is -0.371 e. The Bertz CT molecular complexity index is 903. The van der Waals surface area contributed by atoms with E-state index in [1.165, 1.54) is 0 Å².